The zero-order chi connectivity index (χ0) is 15.2. The van der Waals surface area contributed by atoms with Crippen molar-refractivity contribution >= 4 is 9.84 Å². The Morgan fingerprint density at radius 2 is 1.85 bits per heavy atom. The van der Waals surface area contributed by atoms with E-state index in [0.29, 0.717) is 29.4 Å². The first-order valence-electron chi connectivity index (χ1n) is 8.33. The van der Waals surface area contributed by atoms with Crippen LogP contribution in [0.5, 0.6) is 0 Å². The van der Waals surface area contributed by atoms with Gasteiger partial charge in [-0.05, 0) is 56.4 Å². The summed E-state index contributed by atoms with van der Waals surface area (Å²) in [5.74, 6) is 2.73. The Labute approximate surface area is 125 Å². The van der Waals surface area contributed by atoms with Crippen molar-refractivity contribution in [3.05, 3.63) is 0 Å². The van der Waals surface area contributed by atoms with E-state index in [9.17, 15) is 8.42 Å². The number of sulfone groups is 1. The van der Waals surface area contributed by atoms with Crippen LogP contribution in [0.4, 0.5) is 0 Å². The smallest absolute Gasteiger partial charge is 0.150 e. The minimum atomic E-state index is -2.83. The van der Waals surface area contributed by atoms with Gasteiger partial charge in [0.05, 0.1) is 5.75 Å². The van der Waals surface area contributed by atoms with Crippen LogP contribution in [0.25, 0.3) is 0 Å². The first kappa shape index (κ1) is 18.0. The van der Waals surface area contributed by atoms with Crippen LogP contribution in [0.15, 0.2) is 0 Å². The third kappa shape index (κ3) is 5.72. The lowest BCUT2D eigenvalue weighted by molar-refractivity contribution is 0.166. The average molecular weight is 304 g/mol. The largest absolute Gasteiger partial charge is 0.314 e. The molecule has 3 atom stereocenters. The summed E-state index contributed by atoms with van der Waals surface area (Å²) in [6.45, 7) is 9.65. The fourth-order valence-electron chi connectivity index (χ4n) is 3.50. The summed E-state index contributed by atoms with van der Waals surface area (Å²) in [5, 5.41) is 3.57. The molecular formula is C16H33NO2S. The molecule has 0 bridgehead atoms. The second-order valence-electron chi connectivity index (χ2n) is 6.68. The standard InChI is InChI=1S/C16H33NO2S/c1-5-10-20(18,19)11-9-15-12-14(13(3)4)7-8-16(15)17-6-2/h13-17H,5-12H2,1-4H3. The first-order valence-corrected chi connectivity index (χ1v) is 10.2. The minimum Gasteiger partial charge on any atom is -0.314 e. The van der Waals surface area contributed by atoms with Crippen LogP contribution in [0.3, 0.4) is 0 Å². The molecule has 0 spiro atoms. The molecule has 4 heteroatoms. The van der Waals surface area contributed by atoms with Crippen LogP contribution >= 0.6 is 0 Å². The first-order chi connectivity index (χ1) is 9.39. The van der Waals surface area contributed by atoms with Gasteiger partial charge in [-0.2, -0.15) is 0 Å². The van der Waals surface area contributed by atoms with Crippen molar-refractivity contribution in [3.8, 4) is 0 Å². The molecule has 0 amide bonds. The Hall–Kier alpha value is -0.0900. The Kier molecular flexibility index (Phi) is 7.52. The Morgan fingerprint density at radius 1 is 1.15 bits per heavy atom. The molecule has 1 fully saturated rings. The topological polar surface area (TPSA) is 46.2 Å². The van der Waals surface area contributed by atoms with E-state index in [4.69, 9.17) is 0 Å². The lowest BCUT2D eigenvalue weighted by Crippen LogP contribution is -2.42. The quantitative estimate of drug-likeness (QED) is 0.748. The second-order valence-corrected chi connectivity index (χ2v) is 8.99. The third-order valence-corrected chi connectivity index (χ3v) is 6.63. The predicted molar refractivity (Wildman–Crippen MR) is 86.7 cm³/mol. The molecule has 1 aliphatic carbocycles. The SMILES string of the molecule is CCCS(=O)(=O)CCC1CC(C(C)C)CCC1NCC. The summed E-state index contributed by atoms with van der Waals surface area (Å²) in [6, 6.07) is 0.520. The highest BCUT2D eigenvalue weighted by Gasteiger charge is 2.31. The van der Waals surface area contributed by atoms with Gasteiger partial charge in [0.1, 0.15) is 9.84 Å². The number of hydrogen-bond donors (Lipinski definition) is 1. The van der Waals surface area contributed by atoms with Gasteiger partial charge in [0, 0.05) is 11.8 Å². The van der Waals surface area contributed by atoms with Gasteiger partial charge < -0.3 is 5.32 Å². The Balaban J connectivity index is 2.60. The summed E-state index contributed by atoms with van der Waals surface area (Å²) in [6.07, 6.45) is 5.25. The molecule has 0 aromatic heterocycles. The van der Waals surface area contributed by atoms with E-state index in [2.05, 4.69) is 26.1 Å². The van der Waals surface area contributed by atoms with Gasteiger partial charge >= 0.3 is 0 Å². The van der Waals surface area contributed by atoms with E-state index < -0.39 is 9.84 Å². The maximum Gasteiger partial charge on any atom is 0.150 e. The van der Waals surface area contributed by atoms with Crippen LogP contribution in [0, 0.1) is 17.8 Å². The maximum absolute atomic E-state index is 11.9. The molecule has 0 aromatic rings. The fourth-order valence-corrected chi connectivity index (χ4v) is 4.99. The molecule has 1 rings (SSSR count). The Bertz CT molecular complexity index is 365. The molecule has 20 heavy (non-hydrogen) atoms. The number of nitrogens with one attached hydrogen (secondary N) is 1. The minimum absolute atomic E-state index is 0.346. The Morgan fingerprint density at radius 3 is 2.40 bits per heavy atom. The van der Waals surface area contributed by atoms with Gasteiger partial charge in [-0.3, -0.25) is 0 Å². The van der Waals surface area contributed by atoms with Gasteiger partial charge in [0.25, 0.3) is 0 Å². The average Bonchev–Trinajstić information content (AvgIpc) is 2.37. The van der Waals surface area contributed by atoms with E-state index in [1.165, 1.54) is 19.3 Å². The van der Waals surface area contributed by atoms with E-state index in [0.717, 1.165) is 25.3 Å². The van der Waals surface area contributed by atoms with E-state index in [-0.39, 0.29) is 0 Å². The summed E-state index contributed by atoms with van der Waals surface area (Å²) < 4.78 is 23.9. The van der Waals surface area contributed by atoms with Crippen LogP contribution in [0.2, 0.25) is 0 Å². The van der Waals surface area contributed by atoms with Crippen LogP contribution in [-0.4, -0.2) is 32.5 Å². The van der Waals surface area contributed by atoms with Crippen LogP contribution in [-0.2, 0) is 9.84 Å². The van der Waals surface area contributed by atoms with Crippen LogP contribution in [0.1, 0.15) is 59.8 Å². The molecule has 0 heterocycles. The van der Waals surface area contributed by atoms with Gasteiger partial charge in [-0.15, -0.1) is 0 Å². The van der Waals surface area contributed by atoms with Crippen molar-refractivity contribution in [1.29, 1.82) is 0 Å². The van der Waals surface area contributed by atoms with E-state index in [1.807, 2.05) is 6.92 Å². The number of rotatable bonds is 8. The van der Waals surface area contributed by atoms with Crippen molar-refractivity contribution in [2.75, 3.05) is 18.1 Å². The fraction of sp³-hybridized carbons (Fsp3) is 1.00. The maximum atomic E-state index is 11.9. The van der Waals surface area contributed by atoms with Gasteiger partial charge in [0.15, 0.2) is 0 Å². The highest BCUT2D eigenvalue weighted by atomic mass is 32.2. The van der Waals surface area contributed by atoms with Gasteiger partial charge in [-0.1, -0.05) is 27.7 Å². The second kappa shape index (κ2) is 8.38. The highest BCUT2D eigenvalue weighted by Crippen LogP contribution is 2.35. The monoisotopic (exact) mass is 303 g/mol. The molecule has 0 aliphatic heterocycles. The summed E-state index contributed by atoms with van der Waals surface area (Å²) in [4.78, 5) is 0. The van der Waals surface area contributed by atoms with Gasteiger partial charge in [0.2, 0.25) is 0 Å². The molecule has 1 N–H and O–H groups in total. The summed E-state index contributed by atoms with van der Waals surface area (Å²) >= 11 is 0. The molecular weight excluding hydrogens is 270 g/mol. The third-order valence-electron chi connectivity index (χ3n) is 4.75. The molecule has 1 aliphatic rings. The van der Waals surface area contributed by atoms with E-state index in [1.54, 1.807) is 0 Å². The van der Waals surface area contributed by atoms with Gasteiger partial charge in [-0.25, -0.2) is 8.42 Å². The van der Waals surface area contributed by atoms with Crippen molar-refractivity contribution in [2.24, 2.45) is 17.8 Å². The number of hydrogen-bond acceptors (Lipinski definition) is 3. The highest BCUT2D eigenvalue weighted by molar-refractivity contribution is 7.91. The molecule has 0 radical (unpaired) electrons. The lowest BCUT2D eigenvalue weighted by atomic mass is 9.72. The zero-order valence-electron chi connectivity index (χ0n) is 13.7. The molecule has 0 aromatic carbocycles. The van der Waals surface area contributed by atoms with Crippen molar-refractivity contribution < 1.29 is 8.42 Å². The molecule has 0 saturated heterocycles. The molecule has 3 unspecified atom stereocenters. The predicted octanol–water partition coefficient (Wildman–Crippen LogP) is 3.25. The molecule has 3 nitrogen and oxygen atoms in total. The van der Waals surface area contributed by atoms with Crippen molar-refractivity contribution in [1.82, 2.24) is 5.32 Å². The molecule has 1 saturated carbocycles. The van der Waals surface area contributed by atoms with Crippen LogP contribution < -0.4 is 5.32 Å². The summed E-state index contributed by atoms with van der Waals surface area (Å²) in [7, 11) is -2.83. The van der Waals surface area contributed by atoms with Crippen molar-refractivity contribution in [2.45, 2.75) is 65.8 Å². The van der Waals surface area contributed by atoms with Crippen molar-refractivity contribution in [3.63, 3.8) is 0 Å². The normalized spacial score (nSPS) is 27.9. The summed E-state index contributed by atoms with van der Waals surface area (Å²) in [5.41, 5.74) is 0. The zero-order valence-corrected chi connectivity index (χ0v) is 14.5. The lowest BCUT2D eigenvalue weighted by Gasteiger charge is -2.38. The molecule has 120 valence electrons. The van der Waals surface area contributed by atoms with E-state index >= 15 is 0 Å².